The minimum atomic E-state index is -0.671. The maximum Gasteiger partial charge on any atom is 0.287 e. The van der Waals surface area contributed by atoms with Gasteiger partial charge in [0.1, 0.15) is 5.70 Å². The largest absolute Gasteiger partial charge is 0.317 e. The first-order chi connectivity index (χ1) is 14.9. The van der Waals surface area contributed by atoms with Crippen LogP contribution in [-0.4, -0.2) is 23.0 Å². The molecule has 0 radical (unpaired) electrons. The minimum absolute atomic E-state index is 0.0384. The Morgan fingerprint density at radius 2 is 1.90 bits per heavy atom. The Labute approximate surface area is 186 Å². The molecule has 0 saturated carbocycles. The molecule has 2 amide bonds. The second-order valence-electron chi connectivity index (χ2n) is 6.06. The van der Waals surface area contributed by atoms with Gasteiger partial charge in [0.2, 0.25) is 0 Å². The molecule has 0 unspecified atom stereocenters. The highest BCUT2D eigenvalue weighted by Crippen LogP contribution is 2.17. The zero-order valence-corrected chi connectivity index (χ0v) is 17.4. The molecule has 0 atom stereocenters. The van der Waals surface area contributed by atoms with Crippen LogP contribution in [0, 0.1) is 10.1 Å². The monoisotopic (exact) mass is 454 g/mol. The van der Waals surface area contributed by atoms with Gasteiger partial charge >= 0.3 is 0 Å². The molecule has 0 fully saturated rings. The molecule has 0 aliphatic carbocycles. The first kappa shape index (κ1) is 21.9. The van der Waals surface area contributed by atoms with Gasteiger partial charge in [-0.3, -0.25) is 19.7 Å². The normalized spacial score (nSPS) is 11.3. The number of thiophene rings is 1. The van der Waals surface area contributed by atoms with Gasteiger partial charge in [0.25, 0.3) is 17.5 Å². The molecule has 31 heavy (non-hydrogen) atoms. The molecule has 0 aliphatic heterocycles. The van der Waals surface area contributed by atoms with Crippen LogP contribution in [0.1, 0.15) is 20.8 Å². The summed E-state index contributed by atoms with van der Waals surface area (Å²) >= 11 is 7.44. The molecule has 10 heteroatoms. The second-order valence-corrected chi connectivity index (χ2v) is 7.45. The number of nitro groups is 1. The summed E-state index contributed by atoms with van der Waals surface area (Å²) in [4.78, 5) is 36.3. The molecular weight excluding hydrogens is 440 g/mol. The van der Waals surface area contributed by atoms with E-state index in [1.165, 1.54) is 41.8 Å². The molecule has 3 aromatic rings. The van der Waals surface area contributed by atoms with E-state index in [-0.39, 0.29) is 22.0 Å². The number of hydrazone groups is 1. The van der Waals surface area contributed by atoms with E-state index in [0.717, 1.165) is 4.88 Å². The fraction of sp³-hybridized carbons (Fsp3) is 0. The SMILES string of the molecule is O=C(NN=Cc1cccc([N+](=O)[O-])c1)C(=Cc1cccs1)NC(=O)c1ccccc1Cl. The average Bonchev–Trinajstić information content (AvgIpc) is 3.27. The fourth-order valence-corrected chi connectivity index (χ4v) is 3.33. The van der Waals surface area contributed by atoms with Crippen molar-refractivity contribution >= 4 is 52.7 Å². The van der Waals surface area contributed by atoms with E-state index in [4.69, 9.17) is 11.6 Å². The molecule has 8 nitrogen and oxygen atoms in total. The molecule has 0 saturated heterocycles. The average molecular weight is 455 g/mol. The lowest BCUT2D eigenvalue weighted by molar-refractivity contribution is -0.384. The number of hydrogen-bond donors (Lipinski definition) is 2. The first-order valence-electron chi connectivity index (χ1n) is 8.83. The summed E-state index contributed by atoms with van der Waals surface area (Å²) in [6, 6.07) is 15.8. The topological polar surface area (TPSA) is 114 Å². The van der Waals surface area contributed by atoms with E-state index >= 15 is 0 Å². The molecule has 0 spiro atoms. The quantitative estimate of drug-likeness (QED) is 0.240. The fourth-order valence-electron chi connectivity index (χ4n) is 2.45. The Balaban J connectivity index is 1.77. The number of rotatable bonds is 7. The highest BCUT2D eigenvalue weighted by atomic mass is 35.5. The van der Waals surface area contributed by atoms with Crippen LogP contribution in [0.2, 0.25) is 5.02 Å². The van der Waals surface area contributed by atoms with Crippen molar-refractivity contribution in [1.82, 2.24) is 10.7 Å². The molecule has 3 rings (SSSR count). The van der Waals surface area contributed by atoms with E-state index in [2.05, 4.69) is 15.8 Å². The predicted octanol–water partition coefficient (Wildman–Crippen LogP) is 4.23. The zero-order valence-electron chi connectivity index (χ0n) is 15.8. The summed E-state index contributed by atoms with van der Waals surface area (Å²) in [5.74, 6) is -1.22. The minimum Gasteiger partial charge on any atom is -0.317 e. The van der Waals surface area contributed by atoms with Gasteiger partial charge in [-0.05, 0) is 29.7 Å². The number of hydrogen-bond acceptors (Lipinski definition) is 6. The van der Waals surface area contributed by atoms with Crippen LogP contribution < -0.4 is 10.7 Å². The van der Waals surface area contributed by atoms with Gasteiger partial charge in [-0.15, -0.1) is 11.3 Å². The summed E-state index contributed by atoms with van der Waals surface area (Å²) < 4.78 is 0. The summed E-state index contributed by atoms with van der Waals surface area (Å²) in [7, 11) is 0. The second kappa shape index (κ2) is 10.3. The van der Waals surface area contributed by atoms with Gasteiger partial charge in [0.15, 0.2) is 0 Å². The van der Waals surface area contributed by atoms with Gasteiger partial charge in [-0.25, -0.2) is 5.43 Å². The van der Waals surface area contributed by atoms with E-state index in [1.807, 2.05) is 11.4 Å². The number of halogens is 1. The molecular formula is C21H15ClN4O4S. The number of nitrogens with zero attached hydrogens (tertiary/aromatic N) is 2. The number of non-ortho nitro benzene ring substituents is 1. The maximum absolute atomic E-state index is 12.6. The lowest BCUT2D eigenvalue weighted by atomic mass is 10.2. The lowest BCUT2D eigenvalue weighted by Crippen LogP contribution is -2.32. The van der Waals surface area contributed by atoms with Crippen molar-refractivity contribution < 1.29 is 14.5 Å². The van der Waals surface area contributed by atoms with Crippen molar-refractivity contribution in [2.45, 2.75) is 0 Å². The van der Waals surface area contributed by atoms with Crippen LogP contribution in [-0.2, 0) is 4.79 Å². The predicted molar refractivity (Wildman–Crippen MR) is 120 cm³/mol. The Hall–Kier alpha value is -3.82. The molecule has 0 aliphatic rings. The number of nitrogens with one attached hydrogen (secondary N) is 2. The Morgan fingerprint density at radius 1 is 1.10 bits per heavy atom. The standard InChI is InChI=1S/C21H15ClN4O4S/c22-18-9-2-1-8-17(18)20(27)24-19(12-16-7-4-10-31-16)21(28)25-23-13-14-5-3-6-15(11-14)26(29)30/h1-13H,(H,24,27)(H,25,28). The lowest BCUT2D eigenvalue weighted by Gasteiger charge is -2.09. The molecule has 1 heterocycles. The van der Waals surface area contributed by atoms with E-state index in [9.17, 15) is 19.7 Å². The third-order valence-corrected chi connectivity index (χ3v) is 5.05. The molecule has 0 bridgehead atoms. The van der Waals surface area contributed by atoms with Crippen molar-refractivity contribution in [2.75, 3.05) is 0 Å². The van der Waals surface area contributed by atoms with Gasteiger partial charge in [-0.2, -0.15) is 5.10 Å². The highest BCUT2D eigenvalue weighted by molar-refractivity contribution is 7.10. The van der Waals surface area contributed by atoms with Gasteiger partial charge in [0.05, 0.1) is 21.7 Å². The van der Waals surface area contributed by atoms with E-state index < -0.39 is 16.7 Å². The Bertz CT molecular complexity index is 1180. The van der Waals surface area contributed by atoms with Crippen molar-refractivity contribution in [2.24, 2.45) is 5.10 Å². The summed E-state index contributed by atoms with van der Waals surface area (Å²) in [5, 5.41) is 19.3. The zero-order chi connectivity index (χ0) is 22.2. The van der Waals surface area contributed by atoms with Crippen LogP contribution in [0.4, 0.5) is 5.69 Å². The van der Waals surface area contributed by atoms with E-state index in [1.54, 1.807) is 36.4 Å². The molecule has 156 valence electrons. The van der Waals surface area contributed by atoms with Crippen LogP contribution in [0.5, 0.6) is 0 Å². The molecule has 2 aromatic carbocycles. The van der Waals surface area contributed by atoms with Gasteiger partial charge < -0.3 is 5.32 Å². The van der Waals surface area contributed by atoms with Gasteiger partial charge in [0, 0.05) is 22.6 Å². The van der Waals surface area contributed by atoms with Crippen molar-refractivity contribution in [3.05, 3.63) is 103 Å². The van der Waals surface area contributed by atoms with Crippen LogP contribution in [0.25, 0.3) is 6.08 Å². The van der Waals surface area contributed by atoms with Crippen molar-refractivity contribution in [3.63, 3.8) is 0 Å². The summed E-state index contributed by atoms with van der Waals surface area (Å²) in [5.41, 5.74) is 2.82. The maximum atomic E-state index is 12.6. The number of benzene rings is 2. The Kier molecular flexibility index (Phi) is 7.26. The van der Waals surface area contributed by atoms with Crippen LogP contribution >= 0.6 is 22.9 Å². The number of carbonyl (C=O) groups is 2. The molecule has 2 N–H and O–H groups in total. The Morgan fingerprint density at radius 3 is 2.61 bits per heavy atom. The highest BCUT2D eigenvalue weighted by Gasteiger charge is 2.16. The smallest absolute Gasteiger partial charge is 0.287 e. The van der Waals surface area contributed by atoms with Crippen LogP contribution in [0.15, 0.2) is 76.8 Å². The van der Waals surface area contributed by atoms with Crippen molar-refractivity contribution in [1.29, 1.82) is 0 Å². The van der Waals surface area contributed by atoms with Gasteiger partial charge in [-0.1, -0.05) is 41.9 Å². The first-order valence-corrected chi connectivity index (χ1v) is 10.1. The summed E-state index contributed by atoms with van der Waals surface area (Å²) in [6.45, 7) is 0. The van der Waals surface area contributed by atoms with Crippen LogP contribution in [0.3, 0.4) is 0 Å². The third-order valence-electron chi connectivity index (χ3n) is 3.90. The number of amides is 2. The third kappa shape index (κ3) is 6.08. The number of carbonyl (C=O) groups excluding carboxylic acids is 2. The summed E-state index contributed by atoms with van der Waals surface area (Å²) in [6.07, 6.45) is 2.78. The van der Waals surface area contributed by atoms with Crippen molar-refractivity contribution in [3.8, 4) is 0 Å². The molecule has 1 aromatic heterocycles. The number of nitro benzene ring substituents is 1. The van der Waals surface area contributed by atoms with E-state index in [0.29, 0.717) is 5.56 Å².